The summed E-state index contributed by atoms with van der Waals surface area (Å²) in [5.41, 5.74) is 1.17. The summed E-state index contributed by atoms with van der Waals surface area (Å²) in [5, 5.41) is 4.23. The number of hydrogen-bond acceptors (Lipinski definition) is 4. The van der Waals surface area contributed by atoms with E-state index in [1.807, 2.05) is 0 Å². The van der Waals surface area contributed by atoms with Crippen molar-refractivity contribution in [1.29, 1.82) is 0 Å². The van der Waals surface area contributed by atoms with E-state index in [9.17, 15) is 9.59 Å². The number of benzene rings is 2. The second-order valence-electron chi connectivity index (χ2n) is 5.34. The first-order valence-corrected chi connectivity index (χ1v) is 8.28. The van der Waals surface area contributed by atoms with Crippen LogP contribution in [0.5, 0.6) is 5.75 Å². The fourth-order valence-electron chi connectivity index (χ4n) is 2.42. The number of carbonyl (C=O) groups is 1. The van der Waals surface area contributed by atoms with E-state index in [0.717, 1.165) is 0 Å². The summed E-state index contributed by atoms with van der Waals surface area (Å²) in [6.07, 6.45) is 2.91. The number of amides is 1. The summed E-state index contributed by atoms with van der Waals surface area (Å²) >= 11 is 12.1. The number of fused-ring (bicyclic) bond motifs is 1. The number of anilines is 1. The molecule has 1 amide bonds. The van der Waals surface area contributed by atoms with Gasteiger partial charge in [-0.1, -0.05) is 23.2 Å². The van der Waals surface area contributed by atoms with Gasteiger partial charge in [-0.15, -0.1) is 0 Å². The van der Waals surface area contributed by atoms with Crippen molar-refractivity contribution in [3.63, 3.8) is 0 Å². The van der Waals surface area contributed by atoms with Crippen LogP contribution in [0.15, 0.2) is 57.8 Å². The Hall–Kier alpha value is -2.76. The van der Waals surface area contributed by atoms with E-state index in [2.05, 4.69) is 5.32 Å². The Bertz CT molecular complexity index is 1070. The highest BCUT2D eigenvalue weighted by molar-refractivity contribution is 6.36. The molecule has 0 unspecified atom stereocenters. The van der Waals surface area contributed by atoms with Crippen molar-refractivity contribution < 1.29 is 13.9 Å². The van der Waals surface area contributed by atoms with Crippen LogP contribution in [0.2, 0.25) is 10.0 Å². The lowest BCUT2D eigenvalue weighted by atomic mass is 10.1. The average molecular weight is 390 g/mol. The molecule has 0 aliphatic carbocycles. The van der Waals surface area contributed by atoms with Crippen LogP contribution in [-0.2, 0) is 4.79 Å². The average Bonchev–Trinajstić information content (AvgIpc) is 2.59. The molecule has 0 radical (unpaired) electrons. The molecule has 132 valence electrons. The molecule has 3 aromatic rings. The van der Waals surface area contributed by atoms with Gasteiger partial charge in [-0.25, -0.2) is 4.79 Å². The van der Waals surface area contributed by atoms with Crippen molar-refractivity contribution in [3.8, 4) is 5.75 Å². The van der Waals surface area contributed by atoms with E-state index in [1.54, 1.807) is 42.5 Å². The molecule has 1 aromatic heterocycles. The number of nitrogens with one attached hydrogen (secondary N) is 1. The van der Waals surface area contributed by atoms with E-state index in [-0.39, 0.29) is 5.91 Å². The Balaban J connectivity index is 1.80. The van der Waals surface area contributed by atoms with Crippen LogP contribution in [0.25, 0.3) is 17.0 Å². The molecule has 1 N–H and O–H groups in total. The lowest BCUT2D eigenvalue weighted by Crippen LogP contribution is -2.07. The molecule has 5 nitrogen and oxygen atoms in total. The predicted octanol–water partition coefficient (Wildman–Crippen LogP) is 4.76. The second kappa shape index (κ2) is 7.64. The quantitative estimate of drug-likeness (QED) is 0.515. The SMILES string of the molecule is COc1c(Cl)cc(Cl)cc1C=CC(=O)Nc1ccc2oc(=O)ccc2c1. The fourth-order valence-corrected chi connectivity index (χ4v) is 3.00. The summed E-state index contributed by atoms with van der Waals surface area (Å²) in [6, 6.07) is 11.1. The van der Waals surface area contributed by atoms with Crippen LogP contribution < -0.4 is 15.7 Å². The number of carbonyl (C=O) groups excluding carboxylic acids is 1. The van der Waals surface area contributed by atoms with Crippen molar-refractivity contribution in [2.24, 2.45) is 0 Å². The number of ether oxygens (including phenoxy) is 1. The van der Waals surface area contributed by atoms with Crippen LogP contribution in [0.3, 0.4) is 0 Å². The highest BCUT2D eigenvalue weighted by atomic mass is 35.5. The van der Waals surface area contributed by atoms with Gasteiger partial charge in [-0.05, 0) is 42.5 Å². The molecule has 0 saturated heterocycles. The largest absolute Gasteiger partial charge is 0.495 e. The van der Waals surface area contributed by atoms with Gasteiger partial charge in [0, 0.05) is 33.8 Å². The van der Waals surface area contributed by atoms with Crippen LogP contribution in [-0.4, -0.2) is 13.0 Å². The highest BCUT2D eigenvalue weighted by Crippen LogP contribution is 2.33. The minimum absolute atomic E-state index is 0.347. The number of methoxy groups -OCH3 is 1. The smallest absolute Gasteiger partial charge is 0.336 e. The van der Waals surface area contributed by atoms with Gasteiger partial charge >= 0.3 is 5.63 Å². The number of halogens is 2. The summed E-state index contributed by atoms with van der Waals surface area (Å²) in [7, 11) is 1.49. The maximum Gasteiger partial charge on any atom is 0.336 e. The molecular weight excluding hydrogens is 377 g/mol. The minimum atomic E-state index is -0.425. The summed E-state index contributed by atoms with van der Waals surface area (Å²) in [4.78, 5) is 23.4. The molecular formula is C19H13Cl2NO4. The summed E-state index contributed by atoms with van der Waals surface area (Å²) in [6.45, 7) is 0. The van der Waals surface area contributed by atoms with Crippen LogP contribution >= 0.6 is 23.2 Å². The summed E-state index contributed by atoms with van der Waals surface area (Å²) in [5.74, 6) is 0.0840. The Morgan fingerprint density at radius 2 is 1.96 bits per heavy atom. The first kappa shape index (κ1) is 18.0. The van der Waals surface area contributed by atoms with Gasteiger partial charge in [0.15, 0.2) is 0 Å². The zero-order valence-corrected chi connectivity index (χ0v) is 15.1. The molecule has 3 rings (SSSR count). The Labute approximate surface area is 158 Å². The molecule has 0 spiro atoms. The normalized spacial score (nSPS) is 11.0. The Kier molecular flexibility index (Phi) is 5.30. The van der Waals surface area contributed by atoms with Gasteiger partial charge < -0.3 is 14.5 Å². The lowest BCUT2D eigenvalue weighted by Gasteiger charge is -2.08. The Morgan fingerprint density at radius 3 is 2.73 bits per heavy atom. The van der Waals surface area contributed by atoms with Crippen LogP contribution in [0.4, 0.5) is 5.69 Å². The van der Waals surface area contributed by atoms with Crippen molar-refractivity contribution >= 4 is 51.8 Å². The van der Waals surface area contributed by atoms with Gasteiger partial charge in [0.25, 0.3) is 0 Å². The molecule has 2 aromatic carbocycles. The standard InChI is InChI=1S/C19H13Cl2NO4/c1-25-19-12(8-13(20)10-15(19)21)2-6-17(23)22-14-4-5-16-11(9-14)3-7-18(24)26-16/h2-10H,1H3,(H,22,23). The van der Waals surface area contributed by atoms with Crippen molar-refractivity contribution in [2.45, 2.75) is 0 Å². The van der Waals surface area contributed by atoms with Crippen LogP contribution in [0.1, 0.15) is 5.56 Å². The Morgan fingerprint density at radius 1 is 1.15 bits per heavy atom. The zero-order chi connectivity index (χ0) is 18.7. The molecule has 26 heavy (non-hydrogen) atoms. The monoisotopic (exact) mass is 389 g/mol. The number of rotatable bonds is 4. The van der Waals surface area contributed by atoms with E-state index in [0.29, 0.717) is 38.0 Å². The van der Waals surface area contributed by atoms with Gasteiger partial charge in [-0.2, -0.15) is 0 Å². The molecule has 1 heterocycles. The first-order valence-electron chi connectivity index (χ1n) is 7.52. The minimum Gasteiger partial charge on any atom is -0.495 e. The van der Waals surface area contributed by atoms with Gasteiger partial charge in [-0.3, -0.25) is 4.79 Å². The molecule has 0 aliphatic rings. The third-order valence-electron chi connectivity index (χ3n) is 3.54. The van der Waals surface area contributed by atoms with E-state index in [4.69, 9.17) is 32.4 Å². The van der Waals surface area contributed by atoms with E-state index in [1.165, 1.54) is 19.3 Å². The molecule has 0 aliphatic heterocycles. The maximum absolute atomic E-state index is 12.2. The first-order chi connectivity index (χ1) is 12.5. The van der Waals surface area contributed by atoms with Gasteiger partial charge in [0.1, 0.15) is 11.3 Å². The zero-order valence-electron chi connectivity index (χ0n) is 13.6. The van der Waals surface area contributed by atoms with Crippen molar-refractivity contribution in [1.82, 2.24) is 0 Å². The van der Waals surface area contributed by atoms with Crippen molar-refractivity contribution in [2.75, 3.05) is 12.4 Å². The highest BCUT2D eigenvalue weighted by Gasteiger charge is 2.08. The molecule has 0 saturated carbocycles. The number of hydrogen-bond donors (Lipinski definition) is 1. The van der Waals surface area contributed by atoms with Crippen molar-refractivity contribution in [3.05, 3.63) is 74.6 Å². The summed E-state index contributed by atoms with van der Waals surface area (Å²) < 4.78 is 10.3. The van der Waals surface area contributed by atoms with E-state index >= 15 is 0 Å². The second-order valence-corrected chi connectivity index (χ2v) is 6.18. The topological polar surface area (TPSA) is 68.5 Å². The fraction of sp³-hybridized carbons (Fsp3) is 0.0526. The predicted molar refractivity (Wildman–Crippen MR) is 103 cm³/mol. The third-order valence-corrected chi connectivity index (χ3v) is 4.04. The molecule has 0 bridgehead atoms. The van der Waals surface area contributed by atoms with Gasteiger partial charge in [0.05, 0.1) is 12.1 Å². The van der Waals surface area contributed by atoms with Crippen LogP contribution in [0, 0.1) is 0 Å². The third kappa shape index (κ3) is 4.07. The lowest BCUT2D eigenvalue weighted by molar-refractivity contribution is -0.111. The molecule has 7 heteroatoms. The molecule has 0 atom stereocenters. The maximum atomic E-state index is 12.2. The van der Waals surface area contributed by atoms with Gasteiger partial charge in [0.2, 0.25) is 5.91 Å². The van der Waals surface area contributed by atoms with E-state index < -0.39 is 5.63 Å². The molecule has 0 fully saturated rings.